The summed E-state index contributed by atoms with van der Waals surface area (Å²) in [7, 11) is 1.55. The molecule has 1 saturated heterocycles. The van der Waals surface area contributed by atoms with Gasteiger partial charge >= 0.3 is 0 Å². The lowest BCUT2D eigenvalue weighted by Gasteiger charge is -2.31. The van der Waals surface area contributed by atoms with E-state index in [9.17, 15) is 9.90 Å². The van der Waals surface area contributed by atoms with Crippen LogP contribution in [-0.4, -0.2) is 29.7 Å². The molecule has 1 N–H and O–H groups in total. The van der Waals surface area contributed by atoms with Crippen molar-refractivity contribution in [1.82, 2.24) is 0 Å². The molecule has 1 aliphatic carbocycles. The van der Waals surface area contributed by atoms with Crippen LogP contribution in [0.2, 0.25) is 0 Å². The lowest BCUT2D eigenvalue weighted by molar-refractivity contribution is -0.111. The first kappa shape index (κ1) is 13.9. The monoisotopic (exact) mass is 264 g/mol. The van der Waals surface area contributed by atoms with Crippen molar-refractivity contribution in [2.75, 3.05) is 7.11 Å². The first-order chi connectivity index (χ1) is 8.83. The smallest absolute Gasteiger partial charge is 0.185 e. The van der Waals surface area contributed by atoms with E-state index in [0.29, 0.717) is 24.4 Å². The van der Waals surface area contributed by atoms with E-state index in [-0.39, 0.29) is 11.9 Å². The maximum Gasteiger partial charge on any atom is 0.185 e. The Balaban J connectivity index is 2.46. The van der Waals surface area contributed by atoms with Crippen LogP contribution in [0.15, 0.2) is 36.3 Å². The van der Waals surface area contributed by atoms with Gasteiger partial charge in [0.1, 0.15) is 17.6 Å². The summed E-state index contributed by atoms with van der Waals surface area (Å²) in [5.41, 5.74) is -1.48. The fraction of sp³-hybridized carbons (Fsp3) is 0.533. The molecule has 0 saturated carbocycles. The minimum absolute atomic E-state index is 0.150. The third kappa shape index (κ3) is 2.21. The zero-order valence-corrected chi connectivity index (χ0v) is 11.6. The van der Waals surface area contributed by atoms with Crippen molar-refractivity contribution in [3.05, 3.63) is 36.3 Å². The van der Waals surface area contributed by atoms with Crippen LogP contribution in [0.4, 0.5) is 0 Å². The lowest BCUT2D eigenvalue weighted by atomic mass is 9.73. The Kier molecular flexibility index (Phi) is 3.31. The molecule has 19 heavy (non-hydrogen) atoms. The summed E-state index contributed by atoms with van der Waals surface area (Å²) >= 11 is 0. The van der Waals surface area contributed by atoms with Crippen LogP contribution in [0.25, 0.3) is 0 Å². The van der Waals surface area contributed by atoms with Crippen LogP contribution in [0, 0.1) is 5.41 Å². The third-order valence-corrected chi connectivity index (χ3v) is 3.79. The van der Waals surface area contributed by atoms with Crippen LogP contribution in [0.3, 0.4) is 0 Å². The minimum Gasteiger partial charge on any atom is -0.500 e. The zero-order chi connectivity index (χ0) is 14.3. The van der Waals surface area contributed by atoms with Gasteiger partial charge in [-0.3, -0.25) is 4.79 Å². The molecule has 0 unspecified atom stereocenters. The molecule has 2 atom stereocenters. The highest BCUT2D eigenvalue weighted by molar-refractivity contribution is 6.01. The molecular formula is C15H20O4. The van der Waals surface area contributed by atoms with Gasteiger partial charge in [0, 0.05) is 18.6 Å². The molecule has 4 heteroatoms. The summed E-state index contributed by atoms with van der Waals surface area (Å²) in [6, 6.07) is 0. The summed E-state index contributed by atoms with van der Waals surface area (Å²) in [4.78, 5) is 11.7. The van der Waals surface area contributed by atoms with Gasteiger partial charge in [-0.05, 0) is 20.3 Å². The third-order valence-electron chi connectivity index (χ3n) is 3.79. The average molecular weight is 264 g/mol. The van der Waals surface area contributed by atoms with E-state index in [1.807, 2.05) is 0 Å². The number of carbonyl (C=O) groups excluding carboxylic acids is 1. The summed E-state index contributed by atoms with van der Waals surface area (Å²) in [5, 5.41) is 10.1. The van der Waals surface area contributed by atoms with Crippen molar-refractivity contribution in [2.24, 2.45) is 5.41 Å². The topological polar surface area (TPSA) is 55.8 Å². The molecule has 0 amide bonds. The number of aliphatic hydroxyl groups is 1. The fourth-order valence-electron chi connectivity index (χ4n) is 2.74. The summed E-state index contributed by atoms with van der Waals surface area (Å²) in [6.07, 6.45) is 5.57. The van der Waals surface area contributed by atoms with Gasteiger partial charge in [-0.25, -0.2) is 0 Å². The number of hydrogen-bond acceptors (Lipinski definition) is 4. The molecule has 1 fully saturated rings. The molecule has 0 aromatic heterocycles. The lowest BCUT2D eigenvalue weighted by Crippen LogP contribution is -2.36. The van der Waals surface area contributed by atoms with E-state index in [4.69, 9.17) is 9.47 Å². The molecule has 0 aromatic rings. The maximum absolute atomic E-state index is 11.7. The predicted molar refractivity (Wildman–Crippen MR) is 71.2 cm³/mol. The van der Waals surface area contributed by atoms with Crippen molar-refractivity contribution in [3.63, 3.8) is 0 Å². The predicted octanol–water partition coefficient (Wildman–Crippen LogP) is 2.11. The Bertz CT molecular complexity index is 467. The molecule has 4 nitrogen and oxygen atoms in total. The number of carbonyl (C=O) groups is 1. The van der Waals surface area contributed by atoms with Gasteiger partial charge in [0.15, 0.2) is 5.78 Å². The summed E-state index contributed by atoms with van der Waals surface area (Å²) in [5.74, 6) is 1.01. The molecule has 0 bridgehead atoms. The first-order valence-corrected chi connectivity index (χ1v) is 6.36. The Morgan fingerprint density at radius 2 is 2.32 bits per heavy atom. The Hall–Kier alpha value is -1.55. The molecule has 2 rings (SSSR count). The highest BCUT2D eigenvalue weighted by Crippen LogP contribution is 2.53. The Labute approximate surface area is 113 Å². The molecular weight excluding hydrogens is 244 g/mol. The Morgan fingerprint density at radius 3 is 2.84 bits per heavy atom. The number of methoxy groups -OCH3 is 1. The largest absolute Gasteiger partial charge is 0.500 e. The van der Waals surface area contributed by atoms with Gasteiger partial charge in [-0.15, -0.1) is 6.58 Å². The number of fused-ring (bicyclic) bond motifs is 1. The zero-order valence-electron chi connectivity index (χ0n) is 11.6. The highest BCUT2D eigenvalue weighted by atomic mass is 16.5. The molecule has 104 valence electrons. The summed E-state index contributed by atoms with van der Waals surface area (Å²) < 4.78 is 11.2. The maximum atomic E-state index is 11.7. The average Bonchev–Trinajstić information content (AvgIpc) is 2.67. The number of allylic oxidation sites excluding steroid dienone is 3. The van der Waals surface area contributed by atoms with Gasteiger partial charge in [0.2, 0.25) is 0 Å². The molecule has 0 spiro atoms. The van der Waals surface area contributed by atoms with Crippen molar-refractivity contribution in [3.8, 4) is 0 Å². The van der Waals surface area contributed by atoms with Crippen LogP contribution in [0.5, 0.6) is 0 Å². The second kappa shape index (κ2) is 4.53. The number of rotatable bonds is 4. The fourth-order valence-corrected chi connectivity index (χ4v) is 2.74. The molecule has 1 heterocycles. The van der Waals surface area contributed by atoms with E-state index >= 15 is 0 Å². The van der Waals surface area contributed by atoms with Crippen LogP contribution < -0.4 is 0 Å². The molecule has 0 aromatic carbocycles. The van der Waals surface area contributed by atoms with Crippen molar-refractivity contribution in [1.29, 1.82) is 0 Å². The van der Waals surface area contributed by atoms with Crippen molar-refractivity contribution >= 4 is 5.78 Å². The van der Waals surface area contributed by atoms with E-state index in [1.165, 1.54) is 12.2 Å². The number of ether oxygens (including phenoxy) is 2. The van der Waals surface area contributed by atoms with Gasteiger partial charge in [-0.2, -0.15) is 0 Å². The van der Waals surface area contributed by atoms with Gasteiger partial charge < -0.3 is 14.6 Å². The van der Waals surface area contributed by atoms with E-state index in [0.717, 1.165) is 0 Å². The SMILES string of the molecule is C=CC[C@@]12C[C@H](C(C)(C)O)OC1=CC(=O)C=C2OC. The van der Waals surface area contributed by atoms with Crippen LogP contribution >= 0.6 is 0 Å². The molecule has 0 radical (unpaired) electrons. The van der Waals surface area contributed by atoms with Gasteiger partial charge in [0.25, 0.3) is 0 Å². The molecule has 1 aliphatic heterocycles. The van der Waals surface area contributed by atoms with Crippen molar-refractivity contribution in [2.45, 2.75) is 38.4 Å². The van der Waals surface area contributed by atoms with Crippen molar-refractivity contribution < 1.29 is 19.4 Å². The van der Waals surface area contributed by atoms with Crippen LogP contribution in [0.1, 0.15) is 26.7 Å². The highest BCUT2D eigenvalue weighted by Gasteiger charge is 2.53. The van der Waals surface area contributed by atoms with E-state index < -0.39 is 11.0 Å². The van der Waals surface area contributed by atoms with E-state index in [1.54, 1.807) is 27.0 Å². The normalized spacial score (nSPS) is 30.1. The second-order valence-corrected chi connectivity index (χ2v) is 5.66. The minimum atomic E-state index is -0.978. The van der Waals surface area contributed by atoms with Crippen LogP contribution in [-0.2, 0) is 14.3 Å². The second-order valence-electron chi connectivity index (χ2n) is 5.66. The first-order valence-electron chi connectivity index (χ1n) is 6.36. The molecule has 2 aliphatic rings. The number of hydrogen-bond donors (Lipinski definition) is 1. The standard InChI is InChI=1S/C15H20O4/c1-5-6-15-9-13(14(2,3)17)19-12(15)8-10(16)7-11(15)18-4/h5,7-8,13,17H,1,6,9H2,2-4H3/t13-,15+/m1/s1. The number of ketones is 1. The quantitative estimate of drug-likeness (QED) is 0.790. The summed E-state index contributed by atoms with van der Waals surface area (Å²) in [6.45, 7) is 7.18. The van der Waals surface area contributed by atoms with Gasteiger partial charge in [0.05, 0.1) is 18.1 Å². The Morgan fingerprint density at radius 1 is 1.63 bits per heavy atom. The van der Waals surface area contributed by atoms with E-state index in [2.05, 4.69) is 6.58 Å². The van der Waals surface area contributed by atoms with Gasteiger partial charge in [-0.1, -0.05) is 6.08 Å².